The number of hydrogen-bond acceptors (Lipinski definition) is 8. The number of allylic oxidation sites excluding steroid dienone is 2. The van der Waals surface area contributed by atoms with Crippen molar-refractivity contribution in [1.29, 1.82) is 0 Å². The lowest BCUT2D eigenvalue weighted by molar-refractivity contribution is -0.148. The Balaban J connectivity index is 1.83. The SMILES string of the molecule is C/C=C(/C)C(=O)O[C@@H]1c2cc3c(c4c2C2(CO4)C(=CC(=O)C(OC)=C2OC)C[C@H](C)[C@H]1C)OCO3. The average molecular weight is 483 g/mol. The number of carbonyl (C=O) groups excluding carboxylic acids is 2. The fourth-order valence-corrected chi connectivity index (χ4v) is 5.62. The number of benzene rings is 1. The van der Waals surface area contributed by atoms with Crippen molar-refractivity contribution in [3.8, 4) is 17.2 Å². The summed E-state index contributed by atoms with van der Waals surface area (Å²) in [6.07, 6.45) is 3.38. The van der Waals surface area contributed by atoms with Crippen molar-refractivity contribution < 1.29 is 38.0 Å². The molecule has 1 aromatic carbocycles. The molecule has 35 heavy (non-hydrogen) atoms. The van der Waals surface area contributed by atoms with E-state index < -0.39 is 11.5 Å². The van der Waals surface area contributed by atoms with Crippen LogP contribution in [0.2, 0.25) is 0 Å². The third-order valence-corrected chi connectivity index (χ3v) is 7.80. The topological polar surface area (TPSA) is 89.5 Å². The van der Waals surface area contributed by atoms with Crippen LogP contribution < -0.4 is 14.2 Å². The molecule has 2 aliphatic heterocycles. The minimum Gasteiger partial charge on any atom is -0.496 e. The molecule has 2 aliphatic carbocycles. The van der Waals surface area contributed by atoms with Gasteiger partial charge in [-0.05, 0) is 43.9 Å². The summed E-state index contributed by atoms with van der Waals surface area (Å²) in [7, 11) is 2.98. The second-order valence-corrected chi connectivity index (χ2v) is 9.54. The Kier molecular flexibility index (Phi) is 5.57. The molecule has 1 spiro atoms. The van der Waals surface area contributed by atoms with Crippen LogP contribution in [0.1, 0.15) is 51.3 Å². The number of esters is 1. The summed E-state index contributed by atoms with van der Waals surface area (Å²) >= 11 is 0. The summed E-state index contributed by atoms with van der Waals surface area (Å²) in [5.74, 6) is 1.45. The van der Waals surface area contributed by atoms with Crippen LogP contribution in [0.15, 0.2) is 40.9 Å². The molecule has 0 radical (unpaired) electrons. The van der Waals surface area contributed by atoms with Gasteiger partial charge in [-0.15, -0.1) is 0 Å². The van der Waals surface area contributed by atoms with E-state index in [0.717, 1.165) is 16.7 Å². The molecule has 0 fully saturated rings. The third-order valence-electron chi connectivity index (χ3n) is 7.80. The van der Waals surface area contributed by atoms with E-state index in [4.69, 9.17) is 28.4 Å². The van der Waals surface area contributed by atoms with Gasteiger partial charge in [0.1, 0.15) is 18.1 Å². The van der Waals surface area contributed by atoms with E-state index in [0.29, 0.717) is 35.0 Å². The second-order valence-electron chi connectivity index (χ2n) is 9.54. The van der Waals surface area contributed by atoms with Crippen LogP contribution in [0, 0.1) is 11.8 Å². The minimum absolute atomic E-state index is 0.0627. The highest BCUT2D eigenvalue weighted by molar-refractivity contribution is 6.05. The van der Waals surface area contributed by atoms with Gasteiger partial charge < -0.3 is 28.4 Å². The number of fused-ring (bicyclic) bond motifs is 2. The molecule has 2 heterocycles. The van der Waals surface area contributed by atoms with Crippen LogP contribution in [-0.4, -0.2) is 39.4 Å². The van der Waals surface area contributed by atoms with Crippen LogP contribution in [0.3, 0.4) is 0 Å². The van der Waals surface area contributed by atoms with Gasteiger partial charge in [-0.2, -0.15) is 0 Å². The van der Waals surface area contributed by atoms with Crippen molar-refractivity contribution in [1.82, 2.24) is 0 Å². The highest BCUT2D eigenvalue weighted by Crippen LogP contribution is 2.62. The van der Waals surface area contributed by atoms with Gasteiger partial charge in [0, 0.05) is 22.6 Å². The Morgan fingerprint density at radius 2 is 1.91 bits per heavy atom. The maximum absolute atomic E-state index is 13.0. The first-order chi connectivity index (χ1) is 16.8. The second kappa shape index (κ2) is 8.36. The Hall–Kier alpha value is -3.42. The molecular formula is C27H30O8. The van der Waals surface area contributed by atoms with E-state index in [1.807, 2.05) is 6.07 Å². The van der Waals surface area contributed by atoms with Gasteiger partial charge in [-0.3, -0.25) is 4.79 Å². The van der Waals surface area contributed by atoms with E-state index in [1.54, 1.807) is 26.0 Å². The normalized spacial score (nSPS) is 28.9. The van der Waals surface area contributed by atoms with Crippen molar-refractivity contribution in [2.45, 2.75) is 45.6 Å². The smallest absolute Gasteiger partial charge is 0.333 e. The number of ether oxygens (including phenoxy) is 6. The Bertz CT molecular complexity index is 1210. The van der Waals surface area contributed by atoms with E-state index >= 15 is 0 Å². The van der Waals surface area contributed by atoms with Crippen LogP contribution >= 0.6 is 0 Å². The summed E-state index contributed by atoms with van der Waals surface area (Å²) in [6.45, 7) is 7.96. The maximum Gasteiger partial charge on any atom is 0.333 e. The number of methoxy groups -OCH3 is 2. The van der Waals surface area contributed by atoms with Crippen molar-refractivity contribution in [2.24, 2.45) is 11.8 Å². The first kappa shape index (κ1) is 23.3. The molecule has 8 heteroatoms. The monoisotopic (exact) mass is 482 g/mol. The molecule has 5 rings (SSSR count). The van der Waals surface area contributed by atoms with Crippen molar-refractivity contribution in [3.63, 3.8) is 0 Å². The fraction of sp³-hybridized carbons (Fsp3) is 0.481. The molecule has 0 aromatic heterocycles. The quantitative estimate of drug-likeness (QED) is 0.464. The molecule has 1 unspecified atom stereocenters. The zero-order valence-electron chi connectivity index (χ0n) is 20.9. The zero-order valence-corrected chi connectivity index (χ0v) is 20.9. The molecule has 0 N–H and O–H groups in total. The van der Waals surface area contributed by atoms with Crippen molar-refractivity contribution in [2.75, 3.05) is 27.6 Å². The van der Waals surface area contributed by atoms with Crippen LogP contribution in [0.25, 0.3) is 0 Å². The first-order valence-electron chi connectivity index (χ1n) is 11.8. The summed E-state index contributed by atoms with van der Waals surface area (Å²) in [6, 6.07) is 1.88. The highest BCUT2D eigenvalue weighted by atomic mass is 16.7. The lowest BCUT2D eigenvalue weighted by atomic mass is 9.62. The van der Waals surface area contributed by atoms with Crippen LogP contribution in [0.4, 0.5) is 0 Å². The molecule has 4 aliphatic rings. The summed E-state index contributed by atoms with van der Waals surface area (Å²) in [5.41, 5.74) is 2.00. The van der Waals surface area contributed by atoms with Gasteiger partial charge in [0.15, 0.2) is 17.3 Å². The van der Waals surface area contributed by atoms with Gasteiger partial charge >= 0.3 is 5.97 Å². The highest BCUT2D eigenvalue weighted by Gasteiger charge is 2.58. The van der Waals surface area contributed by atoms with E-state index in [9.17, 15) is 9.59 Å². The molecule has 186 valence electrons. The molecular weight excluding hydrogens is 452 g/mol. The predicted octanol–water partition coefficient (Wildman–Crippen LogP) is 4.29. The van der Waals surface area contributed by atoms with Crippen LogP contribution in [0.5, 0.6) is 17.2 Å². The van der Waals surface area contributed by atoms with E-state index in [2.05, 4.69) is 13.8 Å². The fourth-order valence-electron chi connectivity index (χ4n) is 5.62. The Labute approximate surface area is 204 Å². The third kappa shape index (κ3) is 3.18. The first-order valence-corrected chi connectivity index (χ1v) is 11.8. The lowest BCUT2D eigenvalue weighted by Gasteiger charge is -2.42. The number of rotatable bonds is 4. The zero-order chi connectivity index (χ0) is 25.1. The largest absolute Gasteiger partial charge is 0.496 e. The molecule has 1 aromatic rings. The molecule has 0 bridgehead atoms. The average Bonchev–Trinajstić information content (AvgIpc) is 3.47. The number of carbonyl (C=O) groups is 2. The molecule has 0 saturated heterocycles. The van der Waals surface area contributed by atoms with Crippen molar-refractivity contribution >= 4 is 11.8 Å². The lowest BCUT2D eigenvalue weighted by Crippen LogP contribution is -2.42. The number of hydrogen-bond donors (Lipinski definition) is 0. The van der Waals surface area contributed by atoms with Gasteiger partial charge in [0.05, 0.1) is 14.2 Å². The van der Waals surface area contributed by atoms with E-state index in [-0.39, 0.29) is 42.7 Å². The minimum atomic E-state index is -0.922. The molecule has 8 nitrogen and oxygen atoms in total. The Morgan fingerprint density at radius 3 is 2.60 bits per heavy atom. The van der Waals surface area contributed by atoms with Gasteiger partial charge in [-0.1, -0.05) is 19.9 Å². The number of ketones is 1. The molecule has 4 atom stereocenters. The summed E-state index contributed by atoms with van der Waals surface area (Å²) in [5, 5.41) is 0. The van der Waals surface area contributed by atoms with Gasteiger partial charge in [0.25, 0.3) is 0 Å². The summed E-state index contributed by atoms with van der Waals surface area (Å²) < 4.78 is 35.4. The molecule has 0 saturated carbocycles. The molecule has 0 amide bonds. The van der Waals surface area contributed by atoms with E-state index in [1.165, 1.54) is 14.2 Å². The predicted molar refractivity (Wildman–Crippen MR) is 125 cm³/mol. The van der Waals surface area contributed by atoms with Crippen molar-refractivity contribution in [3.05, 3.63) is 52.0 Å². The van der Waals surface area contributed by atoms with Gasteiger partial charge in [-0.25, -0.2) is 4.79 Å². The van der Waals surface area contributed by atoms with Gasteiger partial charge in [0.2, 0.25) is 24.1 Å². The Morgan fingerprint density at radius 1 is 1.14 bits per heavy atom. The maximum atomic E-state index is 13.0. The standard InChI is InChI=1S/C27H30O8/c1-7-13(2)26(29)35-21-15(4)14(3)8-16-9-18(28)22(30-5)25(31-6)27(16)11-32-24-20(27)17(21)10-19-23(24)34-12-33-19/h7,9-10,14-15,21H,8,11-12H2,1-6H3/b13-7-/t14-,15+,21-,27?/m0/s1. The summed E-state index contributed by atoms with van der Waals surface area (Å²) in [4.78, 5) is 26.0. The van der Waals surface area contributed by atoms with Crippen LogP contribution in [-0.2, 0) is 29.2 Å².